The van der Waals surface area contributed by atoms with Crippen LogP contribution in [0.5, 0.6) is 17.4 Å². The van der Waals surface area contributed by atoms with Crippen molar-refractivity contribution in [1.82, 2.24) is 4.98 Å². The molecule has 8 heteroatoms. The normalized spacial score (nSPS) is 14.9. The first kappa shape index (κ1) is 17.1. The highest BCUT2D eigenvalue weighted by Gasteiger charge is 2.33. The first-order chi connectivity index (χ1) is 11.2. The minimum Gasteiger partial charge on any atom is -0.483 e. The molecular weight excluding hydrogens is 377 g/mol. The maximum absolute atomic E-state index is 11.5. The molecule has 24 heavy (non-hydrogen) atoms. The molecule has 2 heterocycles. The Kier molecular flexibility index (Phi) is 4.28. The summed E-state index contributed by atoms with van der Waals surface area (Å²) in [5.41, 5.74) is 0.224. The van der Waals surface area contributed by atoms with Crippen molar-refractivity contribution in [2.75, 3.05) is 0 Å². The third-order valence-corrected chi connectivity index (χ3v) is 4.70. The van der Waals surface area contributed by atoms with Crippen LogP contribution in [0.15, 0.2) is 18.2 Å². The molecule has 0 saturated carbocycles. The Bertz CT molecular complexity index is 852. The van der Waals surface area contributed by atoms with Crippen molar-refractivity contribution in [3.63, 3.8) is 0 Å². The van der Waals surface area contributed by atoms with E-state index in [-0.39, 0.29) is 32.2 Å². The van der Waals surface area contributed by atoms with Crippen molar-refractivity contribution >= 4 is 40.8 Å². The molecule has 0 spiro atoms. The number of nitrogens with zero attached hydrogens (tertiary/aromatic N) is 1. The van der Waals surface area contributed by atoms with E-state index in [4.69, 9.17) is 44.3 Å². The van der Waals surface area contributed by atoms with Gasteiger partial charge in [-0.3, -0.25) is 0 Å². The van der Waals surface area contributed by atoms with Crippen LogP contribution in [0.25, 0.3) is 0 Å². The van der Waals surface area contributed by atoms with Crippen LogP contribution in [0.1, 0.15) is 29.8 Å². The van der Waals surface area contributed by atoms with E-state index in [1.807, 2.05) is 19.9 Å². The molecule has 0 aliphatic carbocycles. The van der Waals surface area contributed by atoms with Gasteiger partial charge in [0.2, 0.25) is 5.88 Å². The summed E-state index contributed by atoms with van der Waals surface area (Å²) in [6.07, 6.45) is 0.709. The molecule has 1 aromatic carbocycles. The number of rotatable bonds is 3. The van der Waals surface area contributed by atoms with Crippen molar-refractivity contribution in [1.29, 1.82) is 0 Å². The average Bonchev–Trinajstić information content (AvgIpc) is 2.79. The molecule has 0 atom stereocenters. The van der Waals surface area contributed by atoms with Crippen molar-refractivity contribution in [3.05, 3.63) is 44.5 Å². The molecule has 0 radical (unpaired) electrons. The number of halogens is 3. The number of hydrogen-bond acceptors (Lipinski definition) is 4. The molecule has 0 unspecified atom stereocenters. The second kappa shape index (κ2) is 5.99. The fourth-order valence-corrected chi connectivity index (χ4v) is 3.13. The fourth-order valence-electron chi connectivity index (χ4n) is 2.52. The predicted octanol–water partition coefficient (Wildman–Crippen LogP) is 5.25. The quantitative estimate of drug-likeness (QED) is 0.728. The summed E-state index contributed by atoms with van der Waals surface area (Å²) in [6.45, 7) is 3.90. The van der Waals surface area contributed by atoms with Crippen LogP contribution in [0.2, 0.25) is 15.2 Å². The van der Waals surface area contributed by atoms with Gasteiger partial charge in [-0.15, -0.1) is 0 Å². The molecule has 126 valence electrons. The summed E-state index contributed by atoms with van der Waals surface area (Å²) in [7, 11) is 0. The summed E-state index contributed by atoms with van der Waals surface area (Å²) in [5, 5.41) is 8.87. The molecule has 1 aliphatic heterocycles. The van der Waals surface area contributed by atoms with Crippen LogP contribution < -0.4 is 9.47 Å². The second-order valence-corrected chi connectivity index (χ2v) is 7.01. The van der Waals surface area contributed by atoms with Gasteiger partial charge in [0.1, 0.15) is 11.2 Å². The van der Waals surface area contributed by atoms with E-state index in [0.717, 1.165) is 5.56 Å². The molecule has 5 nitrogen and oxygen atoms in total. The lowest BCUT2D eigenvalue weighted by Gasteiger charge is -2.18. The van der Waals surface area contributed by atoms with Gasteiger partial charge in [-0.05, 0) is 19.9 Å². The molecule has 3 rings (SSSR count). The van der Waals surface area contributed by atoms with E-state index in [0.29, 0.717) is 17.9 Å². The Labute approximate surface area is 153 Å². The monoisotopic (exact) mass is 387 g/mol. The Morgan fingerprint density at radius 1 is 1.29 bits per heavy atom. The highest BCUT2D eigenvalue weighted by molar-refractivity contribution is 6.48. The molecule has 0 fully saturated rings. The van der Waals surface area contributed by atoms with Gasteiger partial charge in [-0.1, -0.05) is 46.9 Å². The van der Waals surface area contributed by atoms with Crippen molar-refractivity contribution < 1.29 is 19.4 Å². The van der Waals surface area contributed by atoms with E-state index in [1.165, 1.54) is 0 Å². The van der Waals surface area contributed by atoms with Crippen LogP contribution in [-0.2, 0) is 6.42 Å². The van der Waals surface area contributed by atoms with Gasteiger partial charge < -0.3 is 14.6 Å². The lowest BCUT2D eigenvalue weighted by molar-refractivity contribution is 0.0693. The Hall–Kier alpha value is -1.69. The predicted molar refractivity (Wildman–Crippen MR) is 91.2 cm³/mol. The van der Waals surface area contributed by atoms with Crippen LogP contribution in [0.4, 0.5) is 0 Å². The number of ether oxygens (including phenoxy) is 2. The number of carboxylic acids is 1. The van der Waals surface area contributed by atoms with Gasteiger partial charge in [0.25, 0.3) is 0 Å². The zero-order valence-corrected chi connectivity index (χ0v) is 15.0. The summed E-state index contributed by atoms with van der Waals surface area (Å²) < 4.78 is 11.6. The number of pyridine rings is 1. The Morgan fingerprint density at radius 2 is 2.00 bits per heavy atom. The van der Waals surface area contributed by atoms with Crippen LogP contribution >= 0.6 is 34.8 Å². The van der Waals surface area contributed by atoms with Gasteiger partial charge in [0, 0.05) is 12.0 Å². The zero-order valence-electron chi connectivity index (χ0n) is 12.7. The lowest BCUT2D eigenvalue weighted by atomic mass is 10.0. The first-order valence-corrected chi connectivity index (χ1v) is 8.09. The largest absolute Gasteiger partial charge is 0.483 e. The summed E-state index contributed by atoms with van der Waals surface area (Å²) in [5.74, 6) is -0.691. The molecule has 1 aromatic heterocycles. The fraction of sp³-hybridized carbons (Fsp3) is 0.250. The summed E-state index contributed by atoms with van der Waals surface area (Å²) in [6, 6.07) is 5.37. The number of carbonyl (C=O) groups is 1. The second-order valence-electron chi connectivity index (χ2n) is 5.90. The molecular formula is C16H12Cl3NO4. The third-order valence-electron chi connectivity index (χ3n) is 3.48. The number of benzene rings is 1. The summed E-state index contributed by atoms with van der Waals surface area (Å²) >= 11 is 17.7. The molecule has 2 aromatic rings. The van der Waals surface area contributed by atoms with Gasteiger partial charge in [0.05, 0.1) is 10.0 Å². The Morgan fingerprint density at radius 3 is 2.67 bits per heavy atom. The maximum atomic E-state index is 11.5. The van der Waals surface area contributed by atoms with E-state index < -0.39 is 5.97 Å². The first-order valence-electron chi connectivity index (χ1n) is 6.96. The topological polar surface area (TPSA) is 68.7 Å². The number of aromatic carboxylic acids is 1. The van der Waals surface area contributed by atoms with Crippen molar-refractivity contribution in [3.8, 4) is 17.4 Å². The van der Waals surface area contributed by atoms with Gasteiger partial charge >= 0.3 is 5.97 Å². The smallest absolute Gasteiger partial charge is 0.342 e. The van der Waals surface area contributed by atoms with Crippen molar-refractivity contribution in [2.24, 2.45) is 0 Å². The summed E-state index contributed by atoms with van der Waals surface area (Å²) in [4.78, 5) is 15.4. The number of fused-ring (bicyclic) bond motifs is 1. The molecule has 0 amide bonds. The van der Waals surface area contributed by atoms with Crippen LogP contribution in [0.3, 0.4) is 0 Å². The van der Waals surface area contributed by atoms with E-state index in [2.05, 4.69) is 4.98 Å². The van der Waals surface area contributed by atoms with E-state index in [9.17, 15) is 9.90 Å². The maximum Gasteiger partial charge on any atom is 0.342 e. The lowest BCUT2D eigenvalue weighted by Crippen LogP contribution is -2.24. The number of aromatic nitrogens is 1. The SMILES string of the molecule is CC1(C)Cc2cccc(Oc3nc(Cl)c(Cl)c(Cl)c3C(=O)O)c2O1. The van der Waals surface area contributed by atoms with Crippen molar-refractivity contribution in [2.45, 2.75) is 25.9 Å². The van der Waals surface area contributed by atoms with E-state index >= 15 is 0 Å². The minimum absolute atomic E-state index is 0.140. The Balaban J connectivity index is 2.09. The van der Waals surface area contributed by atoms with E-state index in [1.54, 1.807) is 12.1 Å². The van der Waals surface area contributed by atoms with Gasteiger partial charge in [0.15, 0.2) is 16.7 Å². The zero-order chi connectivity index (χ0) is 17.6. The highest BCUT2D eigenvalue weighted by Crippen LogP contribution is 2.45. The number of hydrogen-bond donors (Lipinski definition) is 1. The number of carboxylic acid groups (broad SMARTS) is 1. The minimum atomic E-state index is -1.32. The van der Waals surface area contributed by atoms with Gasteiger partial charge in [-0.2, -0.15) is 4.98 Å². The third kappa shape index (κ3) is 2.99. The highest BCUT2D eigenvalue weighted by atomic mass is 35.5. The number of para-hydroxylation sites is 1. The molecule has 1 aliphatic rings. The molecule has 0 bridgehead atoms. The van der Waals surface area contributed by atoms with Gasteiger partial charge in [-0.25, -0.2) is 4.79 Å². The van der Waals surface area contributed by atoms with Crippen LogP contribution in [0, 0.1) is 0 Å². The molecule has 1 N–H and O–H groups in total. The average molecular weight is 389 g/mol. The standard InChI is InChI=1S/C16H12Cl3NO4/c1-16(2)6-7-4-3-5-8(12(7)24-16)23-14-9(15(21)22)10(17)11(18)13(19)20-14/h3-5H,6H2,1-2H3,(H,21,22). The molecule has 0 saturated heterocycles. The van der Waals surface area contributed by atoms with Crippen LogP contribution in [-0.4, -0.2) is 21.7 Å².